The highest BCUT2D eigenvalue weighted by Crippen LogP contribution is 2.45. The Morgan fingerprint density at radius 1 is 1.03 bits per heavy atom. The molecule has 31 heavy (non-hydrogen) atoms. The second kappa shape index (κ2) is 7.80. The predicted octanol–water partition coefficient (Wildman–Crippen LogP) is 3.76. The quantitative estimate of drug-likeness (QED) is 0.612. The Labute approximate surface area is 188 Å². The molecule has 1 aliphatic carbocycles. The first-order valence-corrected chi connectivity index (χ1v) is 11.2. The van der Waals surface area contributed by atoms with Crippen LogP contribution in [-0.4, -0.2) is 33.0 Å². The molecule has 1 aliphatic heterocycles. The summed E-state index contributed by atoms with van der Waals surface area (Å²) in [5, 5.41) is 0.533. The van der Waals surface area contributed by atoms with Crippen molar-refractivity contribution in [1.29, 1.82) is 0 Å². The van der Waals surface area contributed by atoms with Crippen LogP contribution in [0.5, 0.6) is 0 Å². The Hall–Kier alpha value is -2.65. The summed E-state index contributed by atoms with van der Waals surface area (Å²) < 4.78 is 14.9. The largest absolute Gasteiger partial charge is 0.382 e. The van der Waals surface area contributed by atoms with Gasteiger partial charge in [0.2, 0.25) is 0 Å². The molecule has 0 atom stereocenters. The van der Waals surface area contributed by atoms with Crippen LogP contribution in [0.3, 0.4) is 0 Å². The lowest BCUT2D eigenvalue weighted by Crippen LogP contribution is -2.41. The average molecular weight is 458 g/mol. The van der Waals surface area contributed by atoms with Gasteiger partial charge in [-0.1, -0.05) is 29.4 Å². The Kier molecular flexibility index (Phi) is 5.10. The minimum absolute atomic E-state index is 0.158. The molecule has 0 aromatic carbocycles. The molecule has 0 saturated carbocycles. The topological polar surface area (TPSA) is 107 Å². The van der Waals surface area contributed by atoms with Crippen molar-refractivity contribution in [2.24, 2.45) is 5.41 Å². The number of piperidine rings is 1. The van der Waals surface area contributed by atoms with Gasteiger partial charge in [0.1, 0.15) is 10.8 Å². The van der Waals surface area contributed by atoms with Crippen molar-refractivity contribution in [3.05, 3.63) is 52.8 Å². The van der Waals surface area contributed by atoms with Crippen LogP contribution in [0.2, 0.25) is 5.02 Å². The molecule has 1 spiro atoms. The van der Waals surface area contributed by atoms with Gasteiger partial charge in [-0.15, -0.1) is 0 Å². The number of hydrogen-bond acceptors (Lipinski definition) is 8. The zero-order valence-corrected chi connectivity index (χ0v) is 18.3. The third-order valence-electron chi connectivity index (χ3n) is 6.13. The van der Waals surface area contributed by atoms with Gasteiger partial charge in [0.15, 0.2) is 11.6 Å². The van der Waals surface area contributed by atoms with Crippen molar-refractivity contribution in [2.45, 2.75) is 35.6 Å². The number of anilines is 3. The van der Waals surface area contributed by atoms with E-state index in [4.69, 9.17) is 23.1 Å². The first-order chi connectivity index (χ1) is 14.9. The van der Waals surface area contributed by atoms with Crippen molar-refractivity contribution < 1.29 is 4.39 Å². The van der Waals surface area contributed by atoms with E-state index in [0.717, 1.165) is 37.4 Å². The van der Waals surface area contributed by atoms with E-state index in [0.29, 0.717) is 18.0 Å². The second-order valence-corrected chi connectivity index (χ2v) is 9.50. The van der Waals surface area contributed by atoms with Gasteiger partial charge >= 0.3 is 0 Å². The van der Waals surface area contributed by atoms with Gasteiger partial charge in [-0.05, 0) is 48.8 Å². The third kappa shape index (κ3) is 3.76. The van der Waals surface area contributed by atoms with Crippen LogP contribution in [0.15, 0.2) is 40.5 Å². The van der Waals surface area contributed by atoms with Gasteiger partial charge in [-0.25, -0.2) is 15.0 Å². The summed E-state index contributed by atoms with van der Waals surface area (Å²) >= 11 is 7.29. The average Bonchev–Trinajstić information content (AvgIpc) is 3.12. The van der Waals surface area contributed by atoms with E-state index < -0.39 is 5.95 Å². The Morgan fingerprint density at radius 3 is 2.61 bits per heavy atom. The number of nitrogen functional groups attached to an aromatic ring is 2. The third-order valence-corrected chi connectivity index (χ3v) is 7.70. The van der Waals surface area contributed by atoms with Gasteiger partial charge in [0.05, 0.1) is 5.02 Å². The van der Waals surface area contributed by atoms with Gasteiger partial charge in [0.25, 0.3) is 5.95 Å². The van der Waals surface area contributed by atoms with E-state index in [1.54, 1.807) is 6.07 Å². The molecular weight excluding hydrogens is 437 g/mol. The van der Waals surface area contributed by atoms with Crippen LogP contribution in [0.1, 0.15) is 24.1 Å². The van der Waals surface area contributed by atoms with Crippen LogP contribution < -0.4 is 16.4 Å². The zero-order chi connectivity index (χ0) is 21.6. The van der Waals surface area contributed by atoms with E-state index in [-0.39, 0.29) is 32.9 Å². The highest BCUT2D eigenvalue weighted by Gasteiger charge is 2.41. The molecule has 1 saturated heterocycles. The van der Waals surface area contributed by atoms with Crippen molar-refractivity contribution in [1.82, 2.24) is 19.9 Å². The Morgan fingerprint density at radius 2 is 1.84 bits per heavy atom. The van der Waals surface area contributed by atoms with Crippen LogP contribution in [0.25, 0.3) is 0 Å². The zero-order valence-electron chi connectivity index (χ0n) is 16.7. The summed E-state index contributed by atoms with van der Waals surface area (Å²) in [5.41, 5.74) is 14.6. The molecule has 0 amide bonds. The number of halogens is 2. The molecule has 0 bridgehead atoms. The van der Waals surface area contributed by atoms with E-state index in [9.17, 15) is 4.39 Å². The molecule has 4 N–H and O–H groups in total. The molecule has 5 rings (SSSR count). The van der Waals surface area contributed by atoms with Gasteiger partial charge < -0.3 is 16.4 Å². The molecule has 0 unspecified atom stereocenters. The first kappa shape index (κ1) is 20.3. The fourth-order valence-electron chi connectivity index (χ4n) is 4.46. The Bertz CT molecular complexity index is 1120. The highest BCUT2D eigenvalue weighted by molar-refractivity contribution is 7.99. The second-order valence-electron chi connectivity index (χ2n) is 8.09. The molecule has 4 heterocycles. The number of nitrogens with zero attached hydrogens (tertiary/aromatic N) is 5. The number of hydrogen-bond donors (Lipinski definition) is 2. The number of nitrogens with two attached hydrogens (primary N) is 2. The van der Waals surface area contributed by atoms with Crippen LogP contribution >= 0.6 is 23.4 Å². The van der Waals surface area contributed by atoms with Crippen LogP contribution in [0, 0.1) is 11.4 Å². The Balaban J connectivity index is 1.32. The summed E-state index contributed by atoms with van der Waals surface area (Å²) in [4.78, 5) is 19.4. The van der Waals surface area contributed by atoms with Gasteiger partial charge in [-0.2, -0.15) is 4.39 Å². The molecule has 3 aromatic heterocycles. The SMILES string of the molecule is Nc1nc(N2CCC3(CC2)Cc2cccnc2C3)c(F)nc1Sc1ccnc(N)c1Cl. The van der Waals surface area contributed by atoms with Gasteiger partial charge in [-0.3, -0.25) is 4.98 Å². The fourth-order valence-corrected chi connectivity index (χ4v) is 5.50. The number of pyridine rings is 2. The lowest BCUT2D eigenvalue weighted by atomic mass is 9.76. The first-order valence-electron chi connectivity index (χ1n) is 10.0. The molecule has 2 aliphatic rings. The maximum atomic E-state index is 14.9. The fraction of sp³-hybridized carbons (Fsp3) is 0.333. The molecule has 1 fully saturated rings. The summed E-state index contributed by atoms with van der Waals surface area (Å²) in [7, 11) is 0. The summed E-state index contributed by atoms with van der Waals surface area (Å²) in [6.45, 7) is 1.41. The molecule has 160 valence electrons. The predicted molar refractivity (Wildman–Crippen MR) is 120 cm³/mol. The molecular formula is C21H21ClFN7S. The standard InChI is InChI=1S/C21H21ClFN7S/c22-15-14(3-7-27-17(15)24)31-20-18(25)29-19(16(23)28-20)30-8-4-21(5-9-30)10-12-2-1-6-26-13(12)11-21/h1-3,6-7H,4-5,8-11H2,(H2,24,27)(H2,25,29). The maximum absolute atomic E-state index is 14.9. The number of aromatic nitrogens is 4. The van der Waals surface area contributed by atoms with E-state index >= 15 is 0 Å². The minimum Gasteiger partial charge on any atom is -0.382 e. The monoisotopic (exact) mass is 457 g/mol. The lowest BCUT2D eigenvalue weighted by Gasteiger charge is -2.39. The van der Waals surface area contributed by atoms with Gasteiger partial charge in [0, 0.05) is 36.1 Å². The minimum atomic E-state index is -0.637. The summed E-state index contributed by atoms with van der Waals surface area (Å²) in [6, 6.07) is 5.83. The molecule has 0 radical (unpaired) electrons. The van der Waals surface area contributed by atoms with Crippen molar-refractivity contribution >= 4 is 40.8 Å². The molecule has 7 nitrogen and oxygen atoms in total. The van der Waals surface area contributed by atoms with E-state index in [1.165, 1.54) is 17.5 Å². The molecule has 3 aromatic rings. The maximum Gasteiger partial charge on any atom is 0.257 e. The number of fused-ring (bicyclic) bond motifs is 1. The normalized spacial score (nSPS) is 17.2. The van der Waals surface area contributed by atoms with E-state index in [2.05, 4.69) is 26.0 Å². The van der Waals surface area contributed by atoms with Crippen LogP contribution in [0.4, 0.5) is 21.8 Å². The smallest absolute Gasteiger partial charge is 0.257 e. The lowest BCUT2D eigenvalue weighted by molar-refractivity contribution is 0.230. The summed E-state index contributed by atoms with van der Waals surface area (Å²) in [6.07, 6.45) is 7.30. The summed E-state index contributed by atoms with van der Waals surface area (Å²) in [5.74, 6) is -0.0831. The van der Waals surface area contributed by atoms with E-state index in [1.807, 2.05) is 17.2 Å². The van der Waals surface area contributed by atoms with Crippen LogP contribution in [-0.2, 0) is 12.8 Å². The highest BCUT2D eigenvalue weighted by atomic mass is 35.5. The molecule has 10 heteroatoms. The van der Waals surface area contributed by atoms with Crippen molar-refractivity contribution in [2.75, 3.05) is 29.5 Å². The van der Waals surface area contributed by atoms with Crippen molar-refractivity contribution in [3.63, 3.8) is 0 Å². The van der Waals surface area contributed by atoms with Crippen molar-refractivity contribution in [3.8, 4) is 0 Å². The number of rotatable bonds is 3.